The predicted octanol–water partition coefficient (Wildman–Crippen LogP) is 1.000. The Labute approximate surface area is 158 Å². The molecule has 146 valence electrons. The highest BCUT2D eigenvalue weighted by Gasteiger charge is 2.23. The summed E-state index contributed by atoms with van der Waals surface area (Å²) in [5.41, 5.74) is 2.48. The van der Waals surface area contributed by atoms with Gasteiger partial charge in [0.1, 0.15) is 5.75 Å². The number of fused-ring (bicyclic) bond motifs is 1. The molecule has 0 spiro atoms. The Morgan fingerprint density at radius 1 is 1.30 bits per heavy atom. The van der Waals surface area contributed by atoms with E-state index in [1.807, 2.05) is 0 Å². The molecule has 8 nitrogen and oxygen atoms in total. The number of amides is 1. The Bertz CT molecular complexity index is 906. The van der Waals surface area contributed by atoms with Crippen molar-refractivity contribution >= 4 is 15.7 Å². The maximum atomic E-state index is 12.6. The minimum absolute atomic E-state index is 0.103. The number of sulfone groups is 1. The molecule has 0 bridgehead atoms. The molecule has 1 amide bonds. The van der Waals surface area contributed by atoms with Crippen molar-refractivity contribution in [2.75, 3.05) is 33.0 Å². The number of aromatic amines is 1. The van der Waals surface area contributed by atoms with E-state index in [0.717, 1.165) is 24.2 Å². The molecule has 1 aliphatic rings. The van der Waals surface area contributed by atoms with Crippen LogP contribution in [0.3, 0.4) is 0 Å². The van der Waals surface area contributed by atoms with E-state index in [0.29, 0.717) is 37.6 Å². The fourth-order valence-electron chi connectivity index (χ4n) is 2.96. The van der Waals surface area contributed by atoms with Gasteiger partial charge in [-0.05, 0) is 30.7 Å². The average molecular weight is 392 g/mol. The van der Waals surface area contributed by atoms with Gasteiger partial charge in [-0.2, -0.15) is 5.10 Å². The number of nitrogens with one attached hydrogen (secondary N) is 2. The molecule has 3 rings (SSSR count). The average Bonchev–Trinajstić information content (AvgIpc) is 3.08. The lowest BCUT2D eigenvalue weighted by Crippen LogP contribution is -2.31. The summed E-state index contributed by atoms with van der Waals surface area (Å²) in [6, 6.07) is 6.31. The van der Waals surface area contributed by atoms with Gasteiger partial charge in [0.25, 0.3) is 5.91 Å². The predicted molar refractivity (Wildman–Crippen MR) is 101 cm³/mol. The van der Waals surface area contributed by atoms with E-state index in [1.54, 1.807) is 24.1 Å². The van der Waals surface area contributed by atoms with Gasteiger partial charge in [0.05, 0.1) is 11.5 Å². The molecule has 1 aliphatic heterocycles. The molecule has 9 heteroatoms. The number of H-pyrrole nitrogens is 1. The first-order valence-corrected chi connectivity index (χ1v) is 10.7. The maximum absolute atomic E-state index is 12.6. The van der Waals surface area contributed by atoms with Crippen LogP contribution in [0.2, 0.25) is 0 Å². The summed E-state index contributed by atoms with van der Waals surface area (Å²) in [7, 11) is -1.46. The summed E-state index contributed by atoms with van der Waals surface area (Å²) in [6.07, 6.45) is 2.68. The molecule has 0 saturated carbocycles. The topological polar surface area (TPSA) is 104 Å². The summed E-state index contributed by atoms with van der Waals surface area (Å²) in [5.74, 6) is 0.498. The zero-order valence-corrected chi connectivity index (χ0v) is 16.3. The fourth-order valence-corrected chi connectivity index (χ4v) is 3.59. The molecule has 0 radical (unpaired) electrons. The highest BCUT2D eigenvalue weighted by molar-refractivity contribution is 7.90. The van der Waals surface area contributed by atoms with Crippen molar-refractivity contribution < 1.29 is 17.9 Å². The molecule has 2 N–H and O–H groups in total. The van der Waals surface area contributed by atoms with Crippen LogP contribution in [-0.4, -0.2) is 62.4 Å². The SMILES string of the molecule is CN(CCCOc1ccc(S(C)(=O)=O)cc1)C(=O)c1n[nH]c2c1CNCC2. The molecule has 2 aromatic rings. The van der Waals surface area contributed by atoms with Gasteiger partial charge in [0.2, 0.25) is 0 Å². The first kappa shape index (κ1) is 19.4. The van der Waals surface area contributed by atoms with Crippen molar-refractivity contribution in [2.24, 2.45) is 0 Å². The van der Waals surface area contributed by atoms with E-state index < -0.39 is 9.84 Å². The van der Waals surface area contributed by atoms with Gasteiger partial charge in [0, 0.05) is 50.6 Å². The molecule has 2 heterocycles. The van der Waals surface area contributed by atoms with Crippen LogP contribution in [-0.2, 0) is 22.8 Å². The van der Waals surface area contributed by atoms with E-state index in [9.17, 15) is 13.2 Å². The number of benzene rings is 1. The van der Waals surface area contributed by atoms with Crippen molar-refractivity contribution in [2.45, 2.75) is 24.3 Å². The number of ether oxygens (including phenoxy) is 1. The molecule has 0 saturated heterocycles. The van der Waals surface area contributed by atoms with Gasteiger partial charge in [-0.15, -0.1) is 0 Å². The van der Waals surface area contributed by atoms with E-state index >= 15 is 0 Å². The number of nitrogens with zero attached hydrogens (tertiary/aromatic N) is 2. The van der Waals surface area contributed by atoms with Crippen LogP contribution in [0, 0.1) is 0 Å². The largest absolute Gasteiger partial charge is 0.494 e. The number of carbonyl (C=O) groups is 1. The third kappa shape index (κ3) is 4.67. The quantitative estimate of drug-likeness (QED) is 0.681. The lowest BCUT2D eigenvalue weighted by atomic mass is 10.1. The standard InChI is InChI=1S/C18H24N4O4S/c1-22(18(23)17-15-12-19-9-8-16(15)20-21-17)10-3-11-26-13-4-6-14(7-5-13)27(2,24)25/h4-7,19H,3,8-12H2,1-2H3,(H,20,21). The Morgan fingerprint density at radius 3 is 2.74 bits per heavy atom. The zero-order valence-electron chi connectivity index (χ0n) is 15.5. The van der Waals surface area contributed by atoms with E-state index in [-0.39, 0.29) is 10.8 Å². The molecular formula is C18H24N4O4S. The number of aromatic nitrogens is 2. The van der Waals surface area contributed by atoms with Crippen LogP contribution in [0.1, 0.15) is 28.2 Å². The Kier molecular flexibility index (Phi) is 5.81. The van der Waals surface area contributed by atoms with Gasteiger partial charge in [0.15, 0.2) is 15.5 Å². The van der Waals surface area contributed by atoms with Gasteiger partial charge < -0.3 is 15.0 Å². The van der Waals surface area contributed by atoms with Gasteiger partial charge in [-0.25, -0.2) is 8.42 Å². The first-order chi connectivity index (χ1) is 12.9. The third-order valence-electron chi connectivity index (χ3n) is 4.51. The van der Waals surface area contributed by atoms with Gasteiger partial charge in [-0.1, -0.05) is 0 Å². The van der Waals surface area contributed by atoms with Crippen molar-refractivity contribution in [3.63, 3.8) is 0 Å². The molecule has 0 atom stereocenters. The monoisotopic (exact) mass is 392 g/mol. The molecule has 1 aromatic carbocycles. The summed E-state index contributed by atoms with van der Waals surface area (Å²) < 4.78 is 28.5. The number of carbonyl (C=O) groups excluding carboxylic acids is 1. The van der Waals surface area contributed by atoms with Gasteiger partial charge in [-0.3, -0.25) is 9.89 Å². The second kappa shape index (κ2) is 8.10. The number of rotatable bonds is 7. The van der Waals surface area contributed by atoms with E-state index in [2.05, 4.69) is 15.5 Å². The zero-order chi connectivity index (χ0) is 19.4. The molecule has 0 aliphatic carbocycles. The Hall–Kier alpha value is -2.39. The first-order valence-electron chi connectivity index (χ1n) is 8.81. The molecule has 0 unspecified atom stereocenters. The Morgan fingerprint density at radius 2 is 2.04 bits per heavy atom. The van der Waals surface area contributed by atoms with Crippen LogP contribution in [0.15, 0.2) is 29.2 Å². The summed E-state index contributed by atoms with van der Waals surface area (Å²) in [4.78, 5) is 14.5. The highest BCUT2D eigenvalue weighted by atomic mass is 32.2. The summed E-state index contributed by atoms with van der Waals surface area (Å²) in [6.45, 7) is 2.51. The second-order valence-corrected chi connectivity index (χ2v) is 8.64. The minimum Gasteiger partial charge on any atom is -0.494 e. The lowest BCUT2D eigenvalue weighted by molar-refractivity contribution is 0.0780. The van der Waals surface area contributed by atoms with Crippen molar-refractivity contribution in [1.29, 1.82) is 0 Å². The molecule has 0 fully saturated rings. The normalized spacial score (nSPS) is 13.9. The highest BCUT2D eigenvalue weighted by Crippen LogP contribution is 2.18. The van der Waals surface area contributed by atoms with Crippen LogP contribution >= 0.6 is 0 Å². The van der Waals surface area contributed by atoms with Crippen LogP contribution in [0.25, 0.3) is 0 Å². The summed E-state index contributed by atoms with van der Waals surface area (Å²) >= 11 is 0. The van der Waals surface area contributed by atoms with Crippen LogP contribution < -0.4 is 10.1 Å². The van der Waals surface area contributed by atoms with E-state index in [1.165, 1.54) is 18.4 Å². The minimum atomic E-state index is -3.21. The molecular weight excluding hydrogens is 368 g/mol. The van der Waals surface area contributed by atoms with Gasteiger partial charge >= 0.3 is 0 Å². The van der Waals surface area contributed by atoms with Crippen molar-refractivity contribution in [3.05, 3.63) is 41.2 Å². The fraction of sp³-hybridized carbons (Fsp3) is 0.444. The van der Waals surface area contributed by atoms with Crippen molar-refractivity contribution in [1.82, 2.24) is 20.4 Å². The van der Waals surface area contributed by atoms with Crippen LogP contribution in [0.5, 0.6) is 5.75 Å². The molecule has 27 heavy (non-hydrogen) atoms. The second-order valence-electron chi connectivity index (χ2n) is 6.63. The van der Waals surface area contributed by atoms with Crippen molar-refractivity contribution in [3.8, 4) is 5.75 Å². The van der Waals surface area contributed by atoms with Crippen LogP contribution in [0.4, 0.5) is 0 Å². The smallest absolute Gasteiger partial charge is 0.274 e. The number of hydrogen-bond acceptors (Lipinski definition) is 6. The van der Waals surface area contributed by atoms with E-state index in [4.69, 9.17) is 4.74 Å². The number of hydrogen-bond donors (Lipinski definition) is 2. The lowest BCUT2D eigenvalue weighted by Gasteiger charge is -2.18. The Balaban J connectivity index is 1.47. The third-order valence-corrected chi connectivity index (χ3v) is 5.64. The maximum Gasteiger partial charge on any atom is 0.274 e. The molecule has 1 aromatic heterocycles. The summed E-state index contributed by atoms with van der Waals surface area (Å²) in [5, 5.41) is 10.4.